The second kappa shape index (κ2) is 11.0. The summed E-state index contributed by atoms with van der Waals surface area (Å²) in [6.07, 6.45) is 1.75. The molecule has 0 aliphatic heterocycles. The van der Waals surface area contributed by atoms with Crippen LogP contribution in [0.5, 0.6) is 0 Å². The van der Waals surface area contributed by atoms with E-state index in [2.05, 4.69) is 10.1 Å². The van der Waals surface area contributed by atoms with Crippen LogP contribution < -0.4 is 11.1 Å². The number of hydrogen-bond acceptors (Lipinski definition) is 6. The average molecular weight is 305 g/mol. The number of ether oxygens (including phenoxy) is 1. The summed E-state index contributed by atoms with van der Waals surface area (Å²) in [5.41, 5.74) is 6.51. The monoisotopic (exact) mass is 305 g/mol. The van der Waals surface area contributed by atoms with E-state index in [0.29, 0.717) is 17.5 Å². The number of aldehydes is 1. The Morgan fingerprint density at radius 1 is 1.55 bits per heavy atom. The van der Waals surface area contributed by atoms with Gasteiger partial charge in [0.05, 0.1) is 6.61 Å². The topological polar surface area (TPSA) is 125 Å². The molecule has 7 heteroatoms. The average Bonchev–Trinajstić information content (AvgIpc) is 2.50. The Kier molecular flexibility index (Phi) is 9.67. The maximum atomic E-state index is 11.7. The molecule has 0 bridgehead atoms. The van der Waals surface area contributed by atoms with E-state index >= 15 is 0 Å². The largest absolute Gasteiger partial charge is 0.399 e. The van der Waals surface area contributed by atoms with Gasteiger partial charge in [-0.05, 0) is 23.8 Å². The number of nitrogens with one attached hydrogen (secondary N) is 1. The van der Waals surface area contributed by atoms with Gasteiger partial charge >= 0.3 is 0 Å². The number of nitriles is 1. The summed E-state index contributed by atoms with van der Waals surface area (Å²) >= 11 is 0. The number of nitrogens with two attached hydrogens (primary N) is 1. The number of carbonyl (C=O) groups excluding carboxylic acids is 2. The quantitative estimate of drug-likeness (QED) is 0.307. The van der Waals surface area contributed by atoms with Crippen LogP contribution in [0.15, 0.2) is 29.8 Å². The Morgan fingerprint density at radius 2 is 2.18 bits per heavy atom. The van der Waals surface area contributed by atoms with Crippen molar-refractivity contribution in [2.24, 2.45) is 0 Å². The van der Waals surface area contributed by atoms with E-state index in [4.69, 9.17) is 16.1 Å². The number of nitrogens with zero attached hydrogens (tertiary/aromatic N) is 1. The molecule has 1 amide bonds. The third-order valence-electron chi connectivity index (χ3n) is 2.26. The summed E-state index contributed by atoms with van der Waals surface area (Å²) in [7, 11) is 3.25. The first-order valence-corrected chi connectivity index (χ1v) is 6.26. The summed E-state index contributed by atoms with van der Waals surface area (Å²) in [6.45, 7) is -0.522. The number of anilines is 1. The normalized spacial score (nSPS) is 11.5. The first-order valence-electron chi connectivity index (χ1n) is 6.26. The molecule has 0 saturated carbocycles. The minimum Gasteiger partial charge on any atom is -0.399 e. The van der Waals surface area contributed by atoms with Crippen LogP contribution in [-0.4, -0.2) is 44.2 Å². The predicted molar refractivity (Wildman–Crippen MR) is 82.5 cm³/mol. The fourth-order valence-corrected chi connectivity index (χ4v) is 1.33. The van der Waals surface area contributed by atoms with E-state index in [1.54, 1.807) is 44.6 Å². The molecule has 118 valence electrons. The van der Waals surface area contributed by atoms with Gasteiger partial charge in [0, 0.05) is 19.9 Å². The van der Waals surface area contributed by atoms with Crippen LogP contribution in [0.2, 0.25) is 0 Å². The highest BCUT2D eigenvalue weighted by molar-refractivity contribution is 6.02. The van der Waals surface area contributed by atoms with Crippen LogP contribution in [-0.2, 0) is 14.3 Å². The molecule has 0 fully saturated rings. The first kappa shape index (κ1) is 19.3. The van der Waals surface area contributed by atoms with Gasteiger partial charge in [0.1, 0.15) is 24.0 Å². The van der Waals surface area contributed by atoms with Crippen molar-refractivity contribution < 1.29 is 19.4 Å². The van der Waals surface area contributed by atoms with Crippen LogP contribution in [0.25, 0.3) is 6.08 Å². The maximum absolute atomic E-state index is 11.7. The lowest BCUT2D eigenvalue weighted by atomic mass is 10.1. The molecule has 1 atom stereocenters. The second-order valence-electron chi connectivity index (χ2n) is 4.15. The molecule has 1 aromatic rings. The van der Waals surface area contributed by atoms with E-state index in [0.717, 1.165) is 0 Å². The van der Waals surface area contributed by atoms with Crippen LogP contribution >= 0.6 is 0 Å². The molecule has 0 aliphatic carbocycles. The zero-order valence-electron chi connectivity index (χ0n) is 12.4. The predicted octanol–water partition coefficient (Wildman–Crippen LogP) is 0.114. The molecule has 4 N–H and O–H groups in total. The van der Waals surface area contributed by atoms with Crippen molar-refractivity contribution >= 4 is 24.0 Å². The molecule has 0 aromatic heterocycles. The fourth-order valence-electron chi connectivity index (χ4n) is 1.33. The Morgan fingerprint density at radius 3 is 2.64 bits per heavy atom. The Hall–Kier alpha value is -2.69. The Labute approximate surface area is 129 Å². The molecule has 1 rings (SSSR count). The van der Waals surface area contributed by atoms with Crippen LogP contribution in [0.4, 0.5) is 5.69 Å². The van der Waals surface area contributed by atoms with Crippen molar-refractivity contribution in [3.8, 4) is 6.07 Å². The number of hydrogen-bond donors (Lipinski definition) is 3. The smallest absolute Gasteiger partial charge is 0.262 e. The van der Waals surface area contributed by atoms with Gasteiger partial charge < -0.3 is 25.7 Å². The molecule has 22 heavy (non-hydrogen) atoms. The third kappa shape index (κ3) is 7.19. The number of nitrogen functional groups attached to an aromatic ring is 1. The first-order chi connectivity index (χ1) is 10.5. The van der Waals surface area contributed by atoms with E-state index in [9.17, 15) is 9.59 Å². The summed E-state index contributed by atoms with van der Waals surface area (Å²) in [5.74, 6) is -0.726. The lowest BCUT2D eigenvalue weighted by Gasteiger charge is -2.08. The minimum atomic E-state index is -1.02. The fraction of sp³-hybridized carbons (Fsp3) is 0.267. The highest BCUT2D eigenvalue weighted by Gasteiger charge is 2.14. The number of aliphatic hydroxyl groups is 1. The number of methoxy groups -OCH3 is 1. The van der Waals surface area contributed by atoms with Crippen LogP contribution in [0.1, 0.15) is 5.56 Å². The molecular formula is C15H19N3O4. The molecule has 0 heterocycles. The van der Waals surface area contributed by atoms with Gasteiger partial charge in [0.2, 0.25) is 0 Å². The lowest BCUT2D eigenvalue weighted by molar-refractivity contribution is -0.121. The van der Waals surface area contributed by atoms with Crippen molar-refractivity contribution in [2.45, 2.75) is 6.04 Å². The number of carbonyl (C=O) groups is 2. The maximum Gasteiger partial charge on any atom is 0.262 e. The summed E-state index contributed by atoms with van der Waals surface area (Å²) in [4.78, 5) is 22.2. The van der Waals surface area contributed by atoms with Crippen molar-refractivity contribution in [2.75, 3.05) is 26.6 Å². The van der Waals surface area contributed by atoms with Crippen molar-refractivity contribution in [1.82, 2.24) is 5.32 Å². The zero-order valence-corrected chi connectivity index (χ0v) is 12.4. The Balaban J connectivity index is 0.00000135. The summed E-state index contributed by atoms with van der Waals surface area (Å²) in [6, 6.07) is 7.37. The van der Waals surface area contributed by atoms with Gasteiger partial charge in [-0.25, -0.2) is 0 Å². The lowest BCUT2D eigenvalue weighted by Crippen LogP contribution is -2.39. The molecule has 1 unspecified atom stereocenters. The van der Waals surface area contributed by atoms with Crippen molar-refractivity contribution in [1.29, 1.82) is 5.26 Å². The van der Waals surface area contributed by atoms with Crippen LogP contribution in [0, 0.1) is 11.3 Å². The van der Waals surface area contributed by atoms with Gasteiger partial charge in [-0.15, -0.1) is 0 Å². The van der Waals surface area contributed by atoms with E-state index < -0.39 is 18.6 Å². The number of benzene rings is 1. The minimum absolute atomic E-state index is 0.175. The zero-order chi connectivity index (χ0) is 17.0. The molecule has 0 aliphatic rings. The number of rotatable bonds is 5. The molecule has 0 saturated heterocycles. The van der Waals surface area contributed by atoms with E-state index in [1.807, 2.05) is 0 Å². The van der Waals surface area contributed by atoms with E-state index in [-0.39, 0.29) is 5.57 Å². The van der Waals surface area contributed by atoms with Gasteiger partial charge in [0.15, 0.2) is 0 Å². The van der Waals surface area contributed by atoms with Crippen LogP contribution in [0.3, 0.4) is 0 Å². The Bertz CT molecular complexity index is 564. The standard InChI is InChI=1S/C13H13N3O3.C2H6O/c14-6-10(13(19)16-12(7-17)8-18)4-9-2-1-3-11(15)5-9;1-3-2/h1-5,7,12,18H,8,15H2,(H,16,19);1-2H3/b10-4+;. The molecule has 0 radical (unpaired) electrons. The van der Waals surface area contributed by atoms with Gasteiger partial charge in [-0.3, -0.25) is 4.79 Å². The second-order valence-corrected chi connectivity index (χ2v) is 4.15. The van der Waals surface area contributed by atoms with Gasteiger partial charge in [0.25, 0.3) is 5.91 Å². The molecular weight excluding hydrogens is 286 g/mol. The third-order valence-corrected chi connectivity index (χ3v) is 2.26. The van der Waals surface area contributed by atoms with E-state index in [1.165, 1.54) is 6.08 Å². The summed E-state index contributed by atoms with van der Waals surface area (Å²) in [5, 5.41) is 19.9. The van der Waals surface area contributed by atoms with Gasteiger partial charge in [-0.1, -0.05) is 12.1 Å². The van der Waals surface area contributed by atoms with Gasteiger partial charge in [-0.2, -0.15) is 5.26 Å². The SMILES string of the molecule is COC.N#C/C(=C\c1cccc(N)c1)C(=O)NC(C=O)CO. The highest BCUT2D eigenvalue weighted by atomic mass is 16.4. The van der Waals surface area contributed by atoms with Crippen molar-refractivity contribution in [3.63, 3.8) is 0 Å². The van der Waals surface area contributed by atoms with Crippen molar-refractivity contribution in [3.05, 3.63) is 35.4 Å². The highest BCUT2D eigenvalue weighted by Crippen LogP contribution is 2.11. The molecule has 0 spiro atoms. The number of aliphatic hydroxyl groups excluding tert-OH is 1. The number of amides is 1. The molecule has 7 nitrogen and oxygen atoms in total. The summed E-state index contributed by atoms with van der Waals surface area (Å²) < 4.78 is 4.25. The molecule has 1 aromatic carbocycles.